The molecular weight excluding hydrogens is 338 g/mol. The number of aryl methyl sites for hydroxylation is 2. The van der Waals surface area contributed by atoms with Crippen LogP contribution in [0.4, 0.5) is 0 Å². The van der Waals surface area contributed by atoms with Crippen LogP contribution in [-0.2, 0) is 22.9 Å². The van der Waals surface area contributed by atoms with Gasteiger partial charge in [-0.05, 0) is 47.6 Å². The first-order chi connectivity index (χ1) is 12.1. The molecule has 0 unspecified atom stereocenters. The summed E-state index contributed by atoms with van der Waals surface area (Å²) in [6.45, 7) is 0. The molecule has 0 fully saturated rings. The minimum absolute atomic E-state index is 0.154. The lowest BCUT2D eigenvalue weighted by Gasteiger charge is -2.12. The van der Waals surface area contributed by atoms with Crippen LogP contribution < -0.4 is 10.3 Å². The second kappa shape index (κ2) is 5.94. The Morgan fingerprint density at radius 3 is 2.56 bits per heavy atom. The molecule has 1 aliphatic rings. The Balaban J connectivity index is 1.66. The molecule has 2 aromatic carbocycles. The van der Waals surface area contributed by atoms with Crippen LogP contribution in [0.5, 0.6) is 0 Å². The predicted octanol–water partition coefficient (Wildman–Crippen LogP) is 1.96. The number of amides is 1. The fraction of sp³-hybridized carbons (Fsp3) is 0.111. The summed E-state index contributed by atoms with van der Waals surface area (Å²) in [5.41, 5.74) is 4.81. The van der Waals surface area contributed by atoms with Gasteiger partial charge in [0.05, 0.1) is 10.5 Å². The van der Waals surface area contributed by atoms with Crippen molar-refractivity contribution in [2.45, 2.75) is 17.7 Å². The topological polar surface area (TPSA) is 88.2 Å². The van der Waals surface area contributed by atoms with Crippen LogP contribution in [0.25, 0.3) is 10.8 Å². The van der Waals surface area contributed by atoms with E-state index in [-0.39, 0.29) is 10.5 Å². The van der Waals surface area contributed by atoms with Crippen molar-refractivity contribution in [3.63, 3.8) is 0 Å². The van der Waals surface area contributed by atoms with E-state index in [9.17, 15) is 13.2 Å². The molecule has 1 aliphatic carbocycles. The van der Waals surface area contributed by atoms with Gasteiger partial charge in [-0.25, -0.2) is 8.42 Å². The first-order valence-corrected chi connectivity index (χ1v) is 9.30. The van der Waals surface area contributed by atoms with Crippen molar-refractivity contribution in [2.24, 2.45) is 0 Å². The molecule has 2 N–H and O–H groups in total. The number of carbonyl (C=O) groups excluding carboxylic acids is 1. The molecule has 0 saturated heterocycles. The van der Waals surface area contributed by atoms with Crippen LogP contribution in [0, 0.1) is 0 Å². The zero-order valence-electron chi connectivity index (χ0n) is 13.2. The molecule has 0 radical (unpaired) electrons. The lowest BCUT2D eigenvalue weighted by atomic mass is 10.1. The first-order valence-electron chi connectivity index (χ1n) is 7.82. The smallest absolute Gasteiger partial charge is 0.267 e. The van der Waals surface area contributed by atoms with Crippen molar-refractivity contribution in [3.05, 3.63) is 71.5 Å². The molecule has 3 aromatic rings. The Morgan fingerprint density at radius 2 is 1.80 bits per heavy atom. The maximum Gasteiger partial charge on any atom is 0.267 e. The zero-order valence-corrected chi connectivity index (χ0v) is 14.0. The number of rotatable bonds is 4. The lowest BCUT2D eigenvalue weighted by Crippen LogP contribution is -2.41. The summed E-state index contributed by atoms with van der Waals surface area (Å²) < 4.78 is 25.4. The third kappa shape index (κ3) is 2.77. The van der Waals surface area contributed by atoms with Gasteiger partial charge >= 0.3 is 0 Å². The molecule has 126 valence electrons. The normalized spacial score (nSPS) is 13.1. The number of carbonyl (C=O) groups is 1. The Labute approximate surface area is 144 Å². The van der Waals surface area contributed by atoms with Crippen molar-refractivity contribution >= 4 is 26.7 Å². The van der Waals surface area contributed by atoms with E-state index >= 15 is 0 Å². The van der Waals surface area contributed by atoms with Gasteiger partial charge in [0, 0.05) is 17.8 Å². The van der Waals surface area contributed by atoms with Crippen molar-refractivity contribution in [2.75, 3.05) is 0 Å². The summed E-state index contributed by atoms with van der Waals surface area (Å²) in [7, 11) is -3.90. The van der Waals surface area contributed by atoms with Gasteiger partial charge in [0.1, 0.15) is 0 Å². The van der Waals surface area contributed by atoms with Gasteiger partial charge in [-0.2, -0.15) is 0 Å². The fourth-order valence-corrected chi connectivity index (χ4v) is 4.24. The molecule has 4 rings (SSSR count). The molecule has 1 heterocycles. The van der Waals surface area contributed by atoms with Gasteiger partial charge in [-0.3, -0.25) is 15.2 Å². The number of pyridine rings is 1. The molecule has 0 atom stereocenters. The Hall–Kier alpha value is -2.77. The van der Waals surface area contributed by atoms with Crippen LogP contribution in [-0.4, -0.2) is 19.3 Å². The number of hydrazine groups is 1. The summed E-state index contributed by atoms with van der Waals surface area (Å²) >= 11 is 0. The maximum absolute atomic E-state index is 12.7. The third-order valence-electron chi connectivity index (χ3n) is 4.35. The molecule has 25 heavy (non-hydrogen) atoms. The summed E-state index contributed by atoms with van der Waals surface area (Å²) in [5, 5.41) is 1.68. The molecular formula is C18H15N3O3S. The van der Waals surface area contributed by atoms with Crippen LogP contribution in [0.15, 0.2) is 59.8 Å². The highest BCUT2D eigenvalue weighted by molar-refractivity contribution is 7.89. The second-order valence-electron chi connectivity index (χ2n) is 5.86. The van der Waals surface area contributed by atoms with Gasteiger partial charge < -0.3 is 0 Å². The summed E-state index contributed by atoms with van der Waals surface area (Å²) in [6, 6.07) is 12.3. The molecule has 0 spiro atoms. The van der Waals surface area contributed by atoms with E-state index in [0.29, 0.717) is 5.39 Å². The third-order valence-corrected chi connectivity index (χ3v) is 5.65. The minimum Gasteiger partial charge on any atom is -0.273 e. The molecule has 1 amide bonds. The molecule has 1 aromatic heterocycles. The average Bonchev–Trinajstić information content (AvgIpc) is 3.06. The van der Waals surface area contributed by atoms with Gasteiger partial charge in [0.15, 0.2) is 0 Å². The second-order valence-corrected chi connectivity index (χ2v) is 7.51. The van der Waals surface area contributed by atoms with Crippen molar-refractivity contribution < 1.29 is 13.2 Å². The highest BCUT2D eigenvalue weighted by Gasteiger charge is 2.23. The van der Waals surface area contributed by atoms with E-state index in [2.05, 4.69) is 15.2 Å². The first kappa shape index (κ1) is 15.7. The van der Waals surface area contributed by atoms with E-state index in [1.807, 2.05) is 18.2 Å². The van der Waals surface area contributed by atoms with Crippen LogP contribution in [0.2, 0.25) is 0 Å². The molecule has 7 heteroatoms. The molecule has 6 nitrogen and oxygen atoms in total. The molecule has 0 saturated carbocycles. The average molecular weight is 353 g/mol. The SMILES string of the molecule is O=C(NNS(=O)(=O)c1ccc2c3c(cccc13)CC2)c1cccnc1. The fourth-order valence-electron chi connectivity index (χ4n) is 3.19. The Bertz CT molecular complexity index is 1070. The number of nitrogens with one attached hydrogen (secondary N) is 2. The van der Waals surface area contributed by atoms with E-state index in [0.717, 1.165) is 29.4 Å². The number of aromatic nitrogens is 1. The number of nitrogens with zero attached hydrogens (tertiary/aromatic N) is 1. The number of sulfonamides is 1. The van der Waals surface area contributed by atoms with Crippen molar-refractivity contribution in [1.29, 1.82) is 0 Å². The predicted molar refractivity (Wildman–Crippen MR) is 93.4 cm³/mol. The highest BCUT2D eigenvalue weighted by Crippen LogP contribution is 2.34. The summed E-state index contributed by atoms with van der Waals surface area (Å²) in [4.78, 5) is 18.2. The largest absolute Gasteiger partial charge is 0.273 e. The monoisotopic (exact) mass is 353 g/mol. The van der Waals surface area contributed by atoms with E-state index in [4.69, 9.17) is 0 Å². The van der Waals surface area contributed by atoms with Crippen LogP contribution >= 0.6 is 0 Å². The van der Waals surface area contributed by atoms with E-state index in [1.54, 1.807) is 24.3 Å². The minimum atomic E-state index is -3.90. The molecule has 0 bridgehead atoms. The summed E-state index contributed by atoms with van der Waals surface area (Å²) in [5.74, 6) is -0.567. The number of benzene rings is 2. The van der Waals surface area contributed by atoms with Gasteiger partial charge in [-0.15, -0.1) is 4.83 Å². The summed E-state index contributed by atoms with van der Waals surface area (Å²) in [6.07, 6.45) is 4.74. The number of hydrogen-bond donors (Lipinski definition) is 2. The lowest BCUT2D eigenvalue weighted by molar-refractivity contribution is 0.0944. The molecule has 0 aliphatic heterocycles. The Kier molecular flexibility index (Phi) is 3.74. The van der Waals surface area contributed by atoms with Gasteiger partial charge in [0.2, 0.25) is 0 Å². The highest BCUT2D eigenvalue weighted by atomic mass is 32.2. The number of hydrogen-bond acceptors (Lipinski definition) is 4. The van der Waals surface area contributed by atoms with Gasteiger partial charge in [0.25, 0.3) is 15.9 Å². The van der Waals surface area contributed by atoms with Crippen molar-refractivity contribution in [1.82, 2.24) is 15.2 Å². The van der Waals surface area contributed by atoms with E-state index < -0.39 is 15.9 Å². The van der Waals surface area contributed by atoms with E-state index in [1.165, 1.54) is 12.4 Å². The quantitative estimate of drug-likeness (QED) is 0.702. The standard InChI is InChI=1S/C18H15N3O3S/c22-18(14-4-2-10-19-11-14)20-21-25(23,24)16-9-8-13-7-6-12-3-1-5-15(16)17(12)13/h1-5,8-11,21H,6-7H2,(H,20,22). The Morgan fingerprint density at radius 1 is 1.00 bits per heavy atom. The zero-order chi connectivity index (χ0) is 17.4. The van der Waals surface area contributed by atoms with Crippen LogP contribution in [0.3, 0.4) is 0 Å². The maximum atomic E-state index is 12.7. The van der Waals surface area contributed by atoms with Crippen LogP contribution in [0.1, 0.15) is 21.5 Å². The van der Waals surface area contributed by atoms with Crippen molar-refractivity contribution in [3.8, 4) is 0 Å². The van der Waals surface area contributed by atoms with Gasteiger partial charge in [-0.1, -0.05) is 24.3 Å².